The Kier molecular flexibility index (Phi) is 9.43. The fraction of sp³-hybridized carbons (Fsp3) is 0.414. The third kappa shape index (κ3) is 8.44. The van der Waals surface area contributed by atoms with E-state index >= 15 is 0 Å². The minimum Gasteiger partial charge on any atom is -0.497 e. The molecule has 2 aromatic carbocycles. The van der Waals surface area contributed by atoms with Gasteiger partial charge in [-0.15, -0.1) is 5.10 Å². The molecule has 0 bridgehead atoms. The Morgan fingerprint density at radius 2 is 1.80 bits per heavy atom. The zero-order valence-corrected chi connectivity index (χ0v) is 23.7. The summed E-state index contributed by atoms with van der Waals surface area (Å²) in [5, 5.41) is 13.9. The molecule has 1 saturated heterocycles. The summed E-state index contributed by atoms with van der Waals surface area (Å²) < 4.78 is 17.7. The zero-order chi connectivity index (χ0) is 29.4. The number of nitrogens with one attached hydrogen (secondary N) is 2. The van der Waals surface area contributed by atoms with Crippen LogP contribution >= 0.6 is 0 Å². The van der Waals surface area contributed by atoms with Gasteiger partial charge in [0.15, 0.2) is 0 Å². The first-order chi connectivity index (χ1) is 19.6. The smallest absolute Gasteiger partial charge is 0.411 e. The minimum absolute atomic E-state index is 0.0868. The Labute approximate surface area is 238 Å². The number of nitrogens with zero attached hydrogens (tertiary/aromatic N) is 4. The molecule has 0 spiro atoms. The first-order valence-electron chi connectivity index (χ1n) is 13.4. The number of alkyl carbamates (subject to hydrolysis) is 1. The first-order valence-corrected chi connectivity index (χ1v) is 13.4. The molecule has 3 amide bonds. The van der Waals surface area contributed by atoms with E-state index in [2.05, 4.69) is 20.9 Å². The number of benzene rings is 2. The van der Waals surface area contributed by atoms with Crippen LogP contribution in [0.5, 0.6) is 5.75 Å². The van der Waals surface area contributed by atoms with Gasteiger partial charge in [0, 0.05) is 25.7 Å². The fourth-order valence-corrected chi connectivity index (χ4v) is 4.31. The van der Waals surface area contributed by atoms with Crippen LogP contribution in [0.25, 0.3) is 0 Å². The third-order valence-electron chi connectivity index (χ3n) is 6.29. The first kappa shape index (κ1) is 29.4. The lowest BCUT2D eigenvalue weighted by Crippen LogP contribution is -2.70. The molecule has 2 atom stereocenters. The summed E-state index contributed by atoms with van der Waals surface area (Å²) >= 11 is 0. The van der Waals surface area contributed by atoms with E-state index in [1.165, 1.54) is 4.90 Å². The van der Waals surface area contributed by atoms with Crippen LogP contribution in [0.3, 0.4) is 0 Å². The van der Waals surface area contributed by atoms with Crippen LogP contribution in [-0.4, -0.2) is 69.3 Å². The molecule has 1 aliphatic heterocycles. The largest absolute Gasteiger partial charge is 0.497 e. The number of β-lactam (4-membered cyclic amide) rings is 1. The van der Waals surface area contributed by atoms with Crippen LogP contribution in [0.1, 0.15) is 37.6 Å². The predicted octanol–water partition coefficient (Wildman–Crippen LogP) is 3.06. The van der Waals surface area contributed by atoms with Crippen LogP contribution in [0.4, 0.5) is 9.59 Å². The number of carbonyl (C=O) groups is 3. The average Bonchev–Trinajstić information content (AvgIpc) is 3.38. The van der Waals surface area contributed by atoms with Crippen molar-refractivity contribution >= 4 is 18.1 Å². The SMILES string of the molecule is COc1ccc(CN(C(=O)OCc2ccccc2)[C@@H]2C(=O)N[C@@H]2Cc2cn(CCNC(=O)OC(C)(C)C)nn2)cc1. The van der Waals surface area contributed by atoms with Gasteiger partial charge >= 0.3 is 12.2 Å². The molecule has 0 unspecified atom stereocenters. The quantitative estimate of drug-likeness (QED) is 0.339. The van der Waals surface area contributed by atoms with Gasteiger partial charge in [0.2, 0.25) is 5.91 Å². The second-order valence-corrected chi connectivity index (χ2v) is 10.7. The van der Waals surface area contributed by atoms with Crippen molar-refractivity contribution in [2.24, 2.45) is 0 Å². The van der Waals surface area contributed by atoms with Gasteiger partial charge < -0.3 is 24.8 Å². The molecule has 4 rings (SSSR count). The zero-order valence-electron chi connectivity index (χ0n) is 23.7. The lowest BCUT2D eigenvalue weighted by molar-refractivity contribution is -0.137. The molecule has 2 N–H and O–H groups in total. The van der Waals surface area contributed by atoms with Gasteiger partial charge in [-0.3, -0.25) is 14.4 Å². The van der Waals surface area contributed by atoms with Gasteiger partial charge in [0.1, 0.15) is 24.0 Å². The molecule has 2 heterocycles. The van der Waals surface area contributed by atoms with Gasteiger partial charge in [-0.25, -0.2) is 9.59 Å². The Balaban J connectivity index is 1.40. The van der Waals surface area contributed by atoms with E-state index < -0.39 is 23.8 Å². The normalized spacial score (nSPS) is 16.2. The molecule has 12 nitrogen and oxygen atoms in total. The highest BCUT2D eigenvalue weighted by Gasteiger charge is 2.46. The number of hydrogen-bond acceptors (Lipinski definition) is 8. The lowest BCUT2D eigenvalue weighted by Gasteiger charge is -2.42. The van der Waals surface area contributed by atoms with Crippen molar-refractivity contribution in [2.45, 2.75) is 64.6 Å². The van der Waals surface area contributed by atoms with Crippen LogP contribution in [0, 0.1) is 0 Å². The molecule has 12 heteroatoms. The summed E-state index contributed by atoms with van der Waals surface area (Å²) in [6, 6.07) is 15.5. The number of amides is 3. The summed E-state index contributed by atoms with van der Waals surface area (Å²) in [5.74, 6) is 0.421. The van der Waals surface area contributed by atoms with E-state index in [0.29, 0.717) is 31.0 Å². The Morgan fingerprint density at radius 1 is 1.07 bits per heavy atom. The van der Waals surface area contributed by atoms with E-state index in [9.17, 15) is 14.4 Å². The van der Waals surface area contributed by atoms with Gasteiger partial charge in [-0.1, -0.05) is 47.7 Å². The summed E-state index contributed by atoms with van der Waals surface area (Å²) in [6.45, 7) is 6.35. The van der Waals surface area contributed by atoms with Gasteiger partial charge in [-0.05, 0) is 44.0 Å². The van der Waals surface area contributed by atoms with Crippen molar-refractivity contribution in [1.82, 2.24) is 30.5 Å². The van der Waals surface area contributed by atoms with Crippen LogP contribution in [0.15, 0.2) is 60.8 Å². The number of hydrogen-bond donors (Lipinski definition) is 2. The average molecular weight is 565 g/mol. The summed E-state index contributed by atoms with van der Waals surface area (Å²) in [4.78, 5) is 39.4. The fourth-order valence-electron chi connectivity index (χ4n) is 4.31. The van der Waals surface area contributed by atoms with E-state index in [1.807, 2.05) is 42.5 Å². The number of ether oxygens (including phenoxy) is 3. The van der Waals surface area contributed by atoms with E-state index in [4.69, 9.17) is 14.2 Å². The molecule has 1 fully saturated rings. The third-order valence-corrected chi connectivity index (χ3v) is 6.29. The maximum absolute atomic E-state index is 13.3. The molecule has 0 radical (unpaired) electrons. The number of carbonyl (C=O) groups excluding carboxylic acids is 3. The second-order valence-electron chi connectivity index (χ2n) is 10.7. The maximum atomic E-state index is 13.3. The minimum atomic E-state index is -0.751. The van der Waals surface area contributed by atoms with Crippen molar-refractivity contribution in [3.8, 4) is 5.75 Å². The molecular formula is C29H36N6O6. The monoisotopic (exact) mass is 564 g/mol. The van der Waals surface area contributed by atoms with Crippen LogP contribution in [-0.2, 0) is 40.4 Å². The van der Waals surface area contributed by atoms with Gasteiger partial charge in [-0.2, -0.15) is 0 Å². The second kappa shape index (κ2) is 13.2. The van der Waals surface area contributed by atoms with Crippen molar-refractivity contribution in [1.29, 1.82) is 0 Å². The topological polar surface area (TPSA) is 137 Å². The van der Waals surface area contributed by atoms with Gasteiger partial charge in [0.05, 0.1) is 25.4 Å². The Bertz CT molecular complexity index is 1320. The standard InChI is InChI=1S/C29H36N6O6/c1-29(2,3)41-27(37)30-14-15-34-18-22(32-33-34)16-24-25(26(36)31-24)35(17-20-10-12-23(39-4)13-11-20)28(38)40-19-21-8-6-5-7-9-21/h5-13,18,24-25H,14-17,19H2,1-4H3,(H,30,37)(H,31,36)/t24-,25+/m1/s1. The molecule has 0 saturated carbocycles. The van der Waals surface area contributed by atoms with Crippen LogP contribution < -0.4 is 15.4 Å². The van der Waals surface area contributed by atoms with Crippen molar-refractivity contribution in [2.75, 3.05) is 13.7 Å². The Hall–Kier alpha value is -4.61. The molecule has 1 aliphatic rings. The lowest BCUT2D eigenvalue weighted by atomic mass is 9.92. The number of rotatable bonds is 11. The van der Waals surface area contributed by atoms with E-state index in [-0.39, 0.29) is 25.1 Å². The molecular weight excluding hydrogens is 528 g/mol. The van der Waals surface area contributed by atoms with Crippen molar-refractivity contribution < 1.29 is 28.6 Å². The molecule has 1 aromatic heterocycles. The van der Waals surface area contributed by atoms with E-state index in [0.717, 1.165) is 11.1 Å². The molecule has 0 aliphatic carbocycles. The highest BCUT2D eigenvalue weighted by Crippen LogP contribution is 2.23. The van der Waals surface area contributed by atoms with Crippen molar-refractivity contribution in [3.63, 3.8) is 0 Å². The van der Waals surface area contributed by atoms with Crippen molar-refractivity contribution in [3.05, 3.63) is 77.6 Å². The highest BCUT2D eigenvalue weighted by molar-refractivity contribution is 5.92. The molecule has 218 valence electrons. The highest BCUT2D eigenvalue weighted by atomic mass is 16.6. The van der Waals surface area contributed by atoms with E-state index in [1.54, 1.807) is 50.9 Å². The molecule has 3 aromatic rings. The predicted molar refractivity (Wildman–Crippen MR) is 149 cm³/mol. The maximum Gasteiger partial charge on any atom is 0.411 e. The summed E-state index contributed by atoms with van der Waals surface area (Å²) in [6.07, 6.45) is 1.02. The number of aromatic nitrogens is 3. The number of methoxy groups -OCH3 is 1. The summed E-state index contributed by atoms with van der Waals surface area (Å²) in [7, 11) is 1.58. The summed E-state index contributed by atoms with van der Waals surface area (Å²) in [5.41, 5.74) is 1.73. The molecule has 41 heavy (non-hydrogen) atoms. The Morgan fingerprint density at radius 3 is 2.46 bits per heavy atom. The van der Waals surface area contributed by atoms with Gasteiger partial charge in [0.25, 0.3) is 0 Å². The van der Waals surface area contributed by atoms with Crippen LogP contribution in [0.2, 0.25) is 0 Å².